The van der Waals surface area contributed by atoms with Crippen molar-refractivity contribution in [2.45, 2.75) is 25.8 Å². The minimum absolute atomic E-state index is 0.415. The van der Waals surface area contributed by atoms with E-state index in [1.807, 2.05) is 31.2 Å². The molecule has 10 heteroatoms. The first kappa shape index (κ1) is 24.0. The first-order valence-corrected chi connectivity index (χ1v) is 12.4. The predicted octanol–water partition coefficient (Wildman–Crippen LogP) is 5.24. The summed E-state index contributed by atoms with van der Waals surface area (Å²) >= 11 is 6.43. The number of nitrogens with one attached hydrogen (secondary N) is 3. The molecule has 0 atom stereocenters. The average molecular weight is 504 g/mol. The van der Waals surface area contributed by atoms with Crippen LogP contribution in [0.3, 0.4) is 0 Å². The van der Waals surface area contributed by atoms with Gasteiger partial charge in [0.25, 0.3) is 0 Å². The van der Waals surface area contributed by atoms with Gasteiger partial charge in [0.15, 0.2) is 11.6 Å². The number of anilines is 5. The normalized spacial score (nSPS) is 14.3. The number of halogens is 1. The van der Waals surface area contributed by atoms with E-state index >= 15 is 0 Å². The van der Waals surface area contributed by atoms with Crippen LogP contribution in [0.2, 0.25) is 5.02 Å². The number of hydrogen-bond acceptors (Lipinski definition) is 8. The van der Waals surface area contributed by atoms with E-state index in [2.05, 4.69) is 83.9 Å². The Labute approximate surface area is 215 Å². The summed E-state index contributed by atoms with van der Waals surface area (Å²) in [5, 5.41) is 14.2. The number of hydrogen-bond donors (Lipinski definition) is 3. The zero-order valence-corrected chi connectivity index (χ0v) is 21.4. The SMILES string of the molecule is Cc1nc(-c2ccccc2Nc2nc(Nc3ccc(N4CCC(N(C)C)CC4)cc3)ncc2Cl)n[nH]1. The molecule has 0 bridgehead atoms. The van der Waals surface area contributed by atoms with Crippen LogP contribution in [0.5, 0.6) is 0 Å². The third-order valence-electron chi connectivity index (χ3n) is 6.45. The Hall–Kier alpha value is -3.69. The lowest BCUT2D eigenvalue weighted by molar-refractivity contribution is 0.249. The van der Waals surface area contributed by atoms with Gasteiger partial charge >= 0.3 is 0 Å². The van der Waals surface area contributed by atoms with Crippen molar-refractivity contribution >= 4 is 40.4 Å². The number of benzene rings is 2. The molecule has 3 heterocycles. The van der Waals surface area contributed by atoms with E-state index < -0.39 is 0 Å². The molecular weight excluding hydrogens is 474 g/mol. The van der Waals surface area contributed by atoms with Crippen LogP contribution in [-0.2, 0) is 0 Å². The summed E-state index contributed by atoms with van der Waals surface area (Å²) in [5.74, 6) is 2.29. The Morgan fingerprint density at radius 2 is 1.75 bits per heavy atom. The smallest absolute Gasteiger partial charge is 0.229 e. The largest absolute Gasteiger partial charge is 0.371 e. The first-order valence-electron chi connectivity index (χ1n) is 12.0. The lowest BCUT2D eigenvalue weighted by atomic mass is 10.0. The van der Waals surface area contributed by atoms with Crippen LogP contribution in [0.25, 0.3) is 11.4 Å². The van der Waals surface area contributed by atoms with Crippen LogP contribution >= 0.6 is 11.6 Å². The lowest BCUT2D eigenvalue weighted by Gasteiger charge is -2.36. The van der Waals surface area contributed by atoms with E-state index in [4.69, 9.17) is 11.6 Å². The molecule has 36 heavy (non-hydrogen) atoms. The number of rotatable bonds is 7. The molecule has 1 saturated heterocycles. The molecule has 186 valence electrons. The lowest BCUT2D eigenvalue weighted by Crippen LogP contribution is -2.41. The van der Waals surface area contributed by atoms with Gasteiger partial charge in [0, 0.05) is 36.1 Å². The van der Waals surface area contributed by atoms with Gasteiger partial charge in [0.05, 0.1) is 11.9 Å². The van der Waals surface area contributed by atoms with E-state index in [9.17, 15) is 0 Å². The molecule has 2 aromatic carbocycles. The number of aryl methyl sites for hydroxylation is 1. The molecule has 2 aromatic heterocycles. The van der Waals surface area contributed by atoms with E-state index in [1.165, 1.54) is 18.5 Å². The van der Waals surface area contributed by atoms with Crippen molar-refractivity contribution in [2.75, 3.05) is 42.7 Å². The van der Waals surface area contributed by atoms with Gasteiger partial charge in [-0.1, -0.05) is 23.7 Å². The van der Waals surface area contributed by atoms with Crippen molar-refractivity contribution in [2.24, 2.45) is 0 Å². The predicted molar refractivity (Wildman–Crippen MR) is 146 cm³/mol. The first-order chi connectivity index (χ1) is 17.5. The highest BCUT2D eigenvalue weighted by atomic mass is 35.5. The van der Waals surface area contributed by atoms with E-state index in [1.54, 1.807) is 6.20 Å². The molecule has 4 aromatic rings. The standard InChI is InChI=1S/C26H30ClN9/c1-17-29-24(34-33-17)21-6-4-5-7-23(21)31-25-22(27)16-28-26(32-25)30-18-8-10-20(11-9-18)36-14-12-19(13-15-36)35(2)3/h4-11,16,19H,12-15H2,1-3H3,(H,29,33,34)(H2,28,30,31,32). The van der Waals surface area contributed by atoms with Crippen LogP contribution in [-0.4, -0.2) is 63.3 Å². The van der Waals surface area contributed by atoms with Gasteiger partial charge in [-0.2, -0.15) is 10.1 Å². The molecule has 0 spiro atoms. The maximum absolute atomic E-state index is 6.43. The number of para-hydroxylation sites is 1. The zero-order valence-electron chi connectivity index (χ0n) is 20.7. The summed E-state index contributed by atoms with van der Waals surface area (Å²) in [6.07, 6.45) is 3.95. The Kier molecular flexibility index (Phi) is 7.02. The molecule has 3 N–H and O–H groups in total. The molecule has 0 amide bonds. The van der Waals surface area contributed by atoms with Gasteiger partial charge in [-0.25, -0.2) is 9.97 Å². The third kappa shape index (κ3) is 5.42. The van der Waals surface area contributed by atoms with E-state index in [-0.39, 0.29) is 0 Å². The Balaban J connectivity index is 1.28. The molecular formula is C26H30ClN9. The molecule has 1 aliphatic heterocycles. The molecule has 0 saturated carbocycles. The number of aromatic amines is 1. The summed E-state index contributed by atoms with van der Waals surface area (Å²) in [4.78, 5) is 18.2. The average Bonchev–Trinajstić information content (AvgIpc) is 3.33. The number of piperidine rings is 1. The summed E-state index contributed by atoms with van der Waals surface area (Å²) in [6.45, 7) is 4.00. The highest BCUT2D eigenvalue weighted by molar-refractivity contribution is 6.33. The van der Waals surface area contributed by atoms with Gasteiger partial charge in [0.1, 0.15) is 10.8 Å². The maximum Gasteiger partial charge on any atom is 0.229 e. The van der Waals surface area contributed by atoms with Crippen molar-refractivity contribution in [1.82, 2.24) is 30.0 Å². The second-order valence-corrected chi connectivity index (χ2v) is 9.57. The molecule has 1 aliphatic rings. The quantitative estimate of drug-likeness (QED) is 0.315. The minimum Gasteiger partial charge on any atom is -0.371 e. The fourth-order valence-electron chi connectivity index (χ4n) is 4.42. The highest BCUT2D eigenvalue weighted by Crippen LogP contribution is 2.31. The second-order valence-electron chi connectivity index (χ2n) is 9.16. The van der Waals surface area contributed by atoms with Crippen molar-refractivity contribution in [1.29, 1.82) is 0 Å². The Bertz CT molecular complexity index is 1310. The van der Waals surface area contributed by atoms with Gasteiger partial charge in [0.2, 0.25) is 5.95 Å². The van der Waals surface area contributed by atoms with Crippen LogP contribution in [0.15, 0.2) is 54.7 Å². The highest BCUT2D eigenvalue weighted by Gasteiger charge is 2.20. The molecule has 0 aliphatic carbocycles. The third-order valence-corrected chi connectivity index (χ3v) is 6.72. The fraction of sp³-hybridized carbons (Fsp3) is 0.308. The fourth-order valence-corrected chi connectivity index (χ4v) is 4.56. The van der Waals surface area contributed by atoms with Gasteiger partial charge in [-0.3, -0.25) is 5.10 Å². The molecule has 5 rings (SSSR count). The summed E-state index contributed by atoms with van der Waals surface area (Å²) < 4.78 is 0. The van der Waals surface area contributed by atoms with E-state index in [0.717, 1.165) is 35.9 Å². The summed E-state index contributed by atoms with van der Waals surface area (Å²) in [7, 11) is 4.33. The van der Waals surface area contributed by atoms with Crippen LogP contribution in [0, 0.1) is 6.92 Å². The number of aromatic nitrogens is 5. The van der Waals surface area contributed by atoms with E-state index in [0.29, 0.717) is 28.7 Å². The molecule has 9 nitrogen and oxygen atoms in total. The van der Waals surface area contributed by atoms with Crippen molar-refractivity contribution in [3.05, 3.63) is 65.6 Å². The summed E-state index contributed by atoms with van der Waals surface area (Å²) in [5.41, 5.74) is 3.78. The molecule has 1 fully saturated rings. The minimum atomic E-state index is 0.415. The van der Waals surface area contributed by atoms with Gasteiger partial charge in [-0.05, 0) is 70.3 Å². The topological polar surface area (TPSA) is 97.9 Å². The van der Waals surface area contributed by atoms with Crippen LogP contribution in [0.1, 0.15) is 18.7 Å². The van der Waals surface area contributed by atoms with Gasteiger partial charge in [-0.15, -0.1) is 0 Å². The van der Waals surface area contributed by atoms with Crippen molar-refractivity contribution in [3.8, 4) is 11.4 Å². The van der Waals surface area contributed by atoms with Crippen molar-refractivity contribution < 1.29 is 0 Å². The maximum atomic E-state index is 6.43. The van der Waals surface area contributed by atoms with Crippen LogP contribution < -0.4 is 15.5 Å². The monoisotopic (exact) mass is 503 g/mol. The van der Waals surface area contributed by atoms with Gasteiger partial charge < -0.3 is 20.4 Å². The Morgan fingerprint density at radius 3 is 2.44 bits per heavy atom. The van der Waals surface area contributed by atoms with Crippen molar-refractivity contribution in [3.63, 3.8) is 0 Å². The zero-order chi connectivity index (χ0) is 25.1. The molecule has 0 unspecified atom stereocenters. The number of H-pyrrole nitrogens is 1. The van der Waals surface area contributed by atoms with Crippen LogP contribution in [0.4, 0.5) is 28.8 Å². The molecule has 0 radical (unpaired) electrons. The number of nitrogens with zero attached hydrogens (tertiary/aromatic N) is 6. The second kappa shape index (κ2) is 10.5. The Morgan fingerprint density at radius 1 is 1.00 bits per heavy atom. The summed E-state index contributed by atoms with van der Waals surface area (Å²) in [6, 6.07) is 16.8.